The molecule has 1 aromatic carbocycles. The van der Waals surface area contributed by atoms with E-state index in [4.69, 9.17) is 4.74 Å². The van der Waals surface area contributed by atoms with Gasteiger partial charge >= 0.3 is 0 Å². The quantitative estimate of drug-likeness (QED) is 0.777. The van der Waals surface area contributed by atoms with Crippen molar-refractivity contribution in [2.24, 2.45) is 5.92 Å². The summed E-state index contributed by atoms with van der Waals surface area (Å²) in [5.41, 5.74) is 1.35. The number of ether oxygens (including phenoxy) is 1. The minimum atomic E-state index is 0.610. The van der Waals surface area contributed by atoms with Gasteiger partial charge < -0.3 is 15.0 Å². The average molecular weight is 248 g/mol. The van der Waals surface area contributed by atoms with E-state index >= 15 is 0 Å². The zero-order chi connectivity index (χ0) is 12.8. The van der Waals surface area contributed by atoms with E-state index in [9.17, 15) is 0 Å². The van der Waals surface area contributed by atoms with E-state index in [1.54, 1.807) is 0 Å². The predicted molar refractivity (Wildman–Crippen MR) is 75.2 cm³/mol. The van der Waals surface area contributed by atoms with Crippen molar-refractivity contribution in [3.63, 3.8) is 0 Å². The highest BCUT2D eigenvalue weighted by Crippen LogP contribution is 2.26. The smallest absolute Gasteiger partial charge is 0.122 e. The highest BCUT2D eigenvalue weighted by Gasteiger charge is 2.18. The Labute approximate surface area is 110 Å². The van der Waals surface area contributed by atoms with Gasteiger partial charge in [0.15, 0.2) is 0 Å². The summed E-state index contributed by atoms with van der Waals surface area (Å²) >= 11 is 0. The SMILES string of the molecule is CN(C)CCCNCC1COc2ccccc2C1. The molecule has 0 saturated heterocycles. The lowest BCUT2D eigenvalue weighted by atomic mass is 9.97. The van der Waals surface area contributed by atoms with E-state index < -0.39 is 0 Å². The highest BCUT2D eigenvalue weighted by molar-refractivity contribution is 5.35. The van der Waals surface area contributed by atoms with E-state index in [1.165, 1.54) is 12.0 Å². The number of benzene rings is 1. The molecule has 0 saturated carbocycles. The Morgan fingerprint density at radius 3 is 3.00 bits per heavy atom. The highest BCUT2D eigenvalue weighted by atomic mass is 16.5. The molecule has 0 aliphatic carbocycles. The van der Waals surface area contributed by atoms with Gasteiger partial charge in [0.25, 0.3) is 0 Å². The fraction of sp³-hybridized carbons (Fsp3) is 0.600. The molecule has 1 aromatic rings. The molecule has 18 heavy (non-hydrogen) atoms. The van der Waals surface area contributed by atoms with Gasteiger partial charge in [0.1, 0.15) is 5.75 Å². The Hall–Kier alpha value is -1.06. The molecule has 0 amide bonds. The van der Waals surface area contributed by atoms with Gasteiger partial charge in [-0.3, -0.25) is 0 Å². The summed E-state index contributed by atoms with van der Waals surface area (Å²) in [6, 6.07) is 8.37. The third kappa shape index (κ3) is 4.00. The zero-order valence-corrected chi connectivity index (χ0v) is 11.5. The van der Waals surface area contributed by atoms with Gasteiger partial charge in [-0.2, -0.15) is 0 Å². The van der Waals surface area contributed by atoms with E-state index in [1.807, 2.05) is 6.07 Å². The van der Waals surface area contributed by atoms with Crippen LogP contribution in [0.5, 0.6) is 5.75 Å². The molecule has 1 aliphatic heterocycles. The Morgan fingerprint density at radius 1 is 1.33 bits per heavy atom. The van der Waals surface area contributed by atoms with Crippen LogP contribution in [0.3, 0.4) is 0 Å². The Balaban J connectivity index is 1.67. The number of para-hydroxylation sites is 1. The number of hydrogen-bond donors (Lipinski definition) is 1. The van der Waals surface area contributed by atoms with Crippen molar-refractivity contribution in [1.29, 1.82) is 0 Å². The topological polar surface area (TPSA) is 24.5 Å². The first kappa shape index (κ1) is 13.4. The van der Waals surface area contributed by atoms with Crippen LogP contribution in [0.1, 0.15) is 12.0 Å². The third-order valence-corrected chi connectivity index (χ3v) is 3.35. The van der Waals surface area contributed by atoms with Gasteiger partial charge in [0.05, 0.1) is 6.61 Å². The number of hydrogen-bond acceptors (Lipinski definition) is 3. The van der Waals surface area contributed by atoms with Gasteiger partial charge in [0.2, 0.25) is 0 Å². The lowest BCUT2D eigenvalue weighted by Gasteiger charge is -2.25. The van der Waals surface area contributed by atoms with E-state index in [0.29, 0.717) is 5.92 Å². The maximum absolute atomic E-state index is 5.78. The summed E-state index contributed by atoms with van der Waals surface area (Å²) < 4.78 is 5.78. The van der Waals surface area contributed by atoms with Gasteiger partial charge in [-0.15, -0.1) is 0 Å². The lowest BCUT2D eigenvalue weighted by molar-refractivity contribution is 0.218. The fourth-order valence-electron chi connectivity index (χ4n) is 2.35. The van der Waals surface area contributed by atoms with Crippen molar-refractivity contribution in [3.8, 4) is 5.75 Å². The van der Waals surface area contributed by atoms with Crippen LogP contribution in [-0.4, -0.2) is 45.2 Å². The maximum atomic E-state index is 5.78. The molecule has 1 N–H and O–H groups in total. The molecule has 2 rings (SSSR count). The number of fused-ring (bicyclic) bond motifs is 1. The number of nitrogens with one attached hydrogen (secondary N) is 1. The monoisotopic (exact) mass is 248 g/mol. The minimum absolute atomic E-state index is 0.610. The van der Waals surface area contributed by atoms with Gasteiger partial charge in [-0.1, -0.05) is 18.2 Å². The number of rotatable bonds is 6. The van der Waals surface area contributed by atoms with Gasteiger partial charge in [0, 0.05) is 12.5 Å². The van der Waals surface area contributed by atoms with E-state index in [2.05, 4.69) is 42.5 Å². The molecule has 0 radical (unpaired) electrons. The third-order valence-electron chi connectivity index (χ3n) is 3.35. The van der Waals surface area contributed by atoms with Crippen molar-refractivity contribution in [2.45, 2.75) is 12.8 Å². The predicted octanol–water partition coefficient (Wildman–Crippen LogP) is 1.78. The second-order valence-electron chi connectivity index (χ2n) is 5.35. The first-order valence-electron chi connectivity index (χ1n) is 6.82. The summed E-state index contributed by atoms with van der Waals surface area (Å²) in [5, 5.41) is 3.53. The van der Waals surface area contributed by atoms with Crippen LogP contribution in [-0.2, 0) is 6.42 Å². The van der Waals surface area contributed by atoms with E-state index in [-0.39, 0.29) is 0 Å². The summed E-state index contributed by atoms with van der Waals surface area (Å²) in [5.74, 6) is 1.68. The molecule has 1 heterocycles. The molecular weight excluding hydrogens is 224 g/mol. The molecule has 0 bridgehead atoms. The van der Waals surface area contributed by atoms with E-state index in [0.717, 1.165) is 38.4 Å². The Bertz CT molecular complexity index is 365. The minimum Gasteiger partial charge on any atom is -0.493 e. The second kappa shape index (κ2) is 6.76. The summed E-state index contributed by atoms with van der Waals surface area (Å²) in [4.78, 5) is 2.22. The summed E-state index contributed by atoms with van der Waals surface area (Å²) in [6.07, 6.45) is 2.34. The molecule has 0 fully saturated rings. The van der Waals surface area contributed by atoms with Crippen LogP contribution >= 0.6 is 0 Å². The molecule has 1 atom stereocenters. The molecule has 1 unspecified atom stereocenters. The van der Waals surface area contributed by atoms with Crippen molar-refractivity contribution in [1.82, 2.24) is 10.2 Å². The Kier molecular flexibility index (Phi) is 5.02. The molecule has 3 nitrogen and oxygen atoms in total. The van der Waals surface area contributed by atoms with Crippen molar-refractivity contribution < 1.29 is 4.74 Å². The molecule has 100 valence electrons. The zero-order valence-electron chi connectivity index (χ0n) is 11.5. The summed E-state index contributed by atoms with van der Waals surface area (Å²) in [7, 11) is 4.23. The van der Waals surface area contributed by atoms with Crippen molar-refractivity contribution in [3.05, 3.63) is 29.8 Å². The molecule has 0 aromatic heterocycles. The largest absolute Gasteiger partial charge is 0.493 e. The standard InChI is InChI=1S/C15H24N2O/c1-17(2)9-5-8-16-11-13-10-14-6-3-4-7-15(14)18-12-13/h3-4,6-7,13,16H,5,8-12H2,1-2H3. The Morgan fingerprint density at radius 2 is 2.17 bits per heavy atom. The van der Waals surface area contributed by atoms with Crippen LogP contribution in [0.25, 0.3) is 0 Å². The van der Waals surface area contributed by atoms with Crippen LogP contribution in [0.4, 0.5) is 0 Å². The van der Waals surface area contributed by atoms with Crippen LogP contribution in [0.15, 0.2) is 24.3 Å². The van der Waals surface area contributed by atoms with Gasteiger partial charge in [-0.05, 0) is 51.7 Å². The summed E-state index contributed by atoms with van der Waals surface area (Å²) in [6.45, 7) is 4.15. The fourth-order valence-corrected chi connectivity index (χ4v) is 2.35. The van der Waals surface area contributed by atoms with Gasteiger partial charge in [-0.25, -0.2) is 0 Å². The van der Waals surface area contributed by atoms with Crippen molar-refractivity contribution in [2.75, 3.05) is 40.3 Å². The molecule has 3 heteroatoms. The second-order valence-corrected chi connectivity index (χ2v) is 5.35. The first-order valence-corrected chi connectivity index (χ1v) is 6.82. The van der Waals surface area contributed by atoms with Crippen LogP contribution < -0.4 is 10.1 Å². The molecule has 0 spiro atoms. The van der Waals surface area contributed by atoms with Crippen LogP contribution in [0.2, 0.25) is 0 Å². The first-order chi connectivity index (χ1) is 8.75. The maximum Gasteiger partial charge on any atom is 0.122 e. The molecular formula is C15H24N2O. The average Bonchev–Trinajstić information content (AvgIpc) is 2.38. The van der Waals surface area contributed by atoms with Crippen LogP contribution in [0, 0.1) is 5.92 Å². The normalized spacial score (nSPS) is 18.5. The number of nitrogens with zero attached hydrogens (tertiary/aromatic N) is 1. The molecule has 1 aliphatic rings. The lowest BCUT2D eigenvalue weighted by Crippen LogP contribution is -2.32. The van der Waals surface area contributed by atoms with Crippen molar-refractivity contribution >= 4 is 0 Å².